The molecular formula is C37H46N4O4. The Morgan fingerprint density at radius 1 is 0.911 bits per heavy atom. The van der Waals surface area contributed by atoms with Crippen LogP contribution in [0.25, 0.3) is 0 Å². The number of nitrogens with zero attached hydrogens (tertiary/aromatic N) is 4. The van der Waals surface area contributed by atoms with Gasteiger partial charge in [-0.1, -0.05) is 42.0 Å². The van der Waals surface area contributed by atoms with E-state index in [1.165, 1.54) is 11.1 Å². The van der Waals surface area contributed by atoms with Crippen molar-refractivity contribution in [1.82, 2.24) is 19.8 Å². The zero-order valence-electron chi connectivity index (χ0n) is 26.7. The van der Waals surface area contributed by atoms with Gasteiger partial charge in [-0.15, -0.1) is 0 Å². The van der Waals surface area contributed by atoms with Crippen molar-refractivity contribution in [2.24, 2.45) is 0 Å². The Morgan fingerprint density at radius 2 is 1.71 bits per heavy atom. The number of likely N-dealkylation sites (tertiary alicyclic amines) is 2. The molecule has 1 N–H and O–H groups in total. The molecular weight excluding hydrogens is 564 g/mol. The van der Waals surface area contributed by atoms with E-state index in [0.717, 1.165) is 87.7 Å². The molecule has 8 heteroatoms. The number of aryl methyl sites for hydroxylation is 2. The van der Waals surface area contributed by atoms with E-state index in [2.05, 4.69) is 52.1 Å². The highest BCUT2D eigenvalue weighted by Gasteiger charge is 2.32. The number of carbonyl (C=O) groups excluding carboxylic acids is 1. The molecule has 6 rings (SSSR count). The van der Waals surface area contributed by atoms with Gasteiger partial charge in [-0.05, 0) is 107 Å². The second kappa shape index (κ2) is 14.2. The molecule has 0 spiro atoms. The van der Waals surface area contributed by atoms with Crippen LogP contribution in [0.2, 0.25) is 0 Å². The molecule has 3 aromatic rings. The second-order valence-corrected chi connectivity index (χ2v) is 13.2. The molecule has 3 fully saturated rings. The summed E-state index contributed by atoms with van der Waals surface area (Å²) < 4.78 is 6.51. The first-order chi connectivity index (χ1) is 21.9. The van der Waals surface area contributed by atoms with E-state index in [4.69, 9.17) is 4.74 Å². The van der Waals surface area contributed by atoms with Crippen molar-refractivity contribution in [3.63, 3.8) is 0 Å². The Hall–Kier alpha value is -3.62. The number of piperidine rings is 2. The van der Waals surface area contributed by atoms with Gasteiger partial charge < -0.3 is 14.7 Å². The molecule has 0 saturated carbocycles. The third-order valence-electron chi connectivity index (χ3n) is 10.2. The standard InChI is InChI=1S/C37H46N4O4/c1-25-11-13-27(14-12-25)34-10-4-9-32(45-34)15-16-33-26(2)35(39-24-38-33)36(42)40-20-17-31(18-21-40)41-19-5-8-30(23-41)28-6-3-7-29(22-28)37(43)44/h3,6-7,11-14,22,24,30-32,34H,4-5,8-10,15-21,23H2,1-2H3,(H,43,44)/t30?,32-,34?/m1/s1. The topological polar surface area (TPSA) is 95.9 Å². The Labute approximate surface area is 266 Å². The minimum Gasteiger partial charge on any atom is -0.478 e. The van der Waals surface area contributed by atoms with Crippen molar-refractivity contribution in [2.45, 2.75) is 95.8 Å². The summed E-state index contributed by atoms with van der Waals surface area (Å²) in [6, 6.07) is 16.5. The monoisotopic (exact) mass is 610 g/mol. The SMILES string of the molecule is Cc1ccc(C2CCC[C@H](CCc3ncnc(C(=O)N4CCC(N5CCCC(c6cccc(C(=O)O)c6)C5)CC4)c3C)O2)cc1. The molecule has 1 aromatic heterocycles. The van der Waals surface area contributed by atoms with Crippen molar-refractivity contribution in [3.8, 4) is 0 Å². The van der Waals surface area contributed by atoms with Crippen LogP contribution in [0.5, 0.6) is 0 Å². The summed E-state index contributed by atoms with van der Waals surface area (Å²) in [5.74, 6) is -0.532. The van der Waals surface area contributed by atoms with Gasteiger partial charge >= 0.3 is 5.97 Å². The lowest BCUT2D eigenvalue weighted by molar-refractivity contribution is -0.0547. The summed E-state index contributed by atoms with van der Waals surface area (Å²) in [6.45, 7) is 7.52. The number of carboxylic acids is 1. The number of rotatable bonds is 8. The highest BCUT2D eigenvalue weighted by atomic mass is 16.5. The normalized spacial score (nSPS) is 23.2. The van der Waals surface area contributed by atoms with E-state index in [-0.39, 0.29) is 18.1 Å². The van der Waals surface area contributed by atoms with E-state index in [1.807, 2.05) is 24.0 Å². The van der Waals surface area contributed by atoms with Crippen LogP contribution < -0.4 is 0 Å². The fraction of sp³-hybridized carbons (Fsp3) is 0.514. The van der Waals surface area contributed by atoms with Gasteiger partial charge in [0.25, 0.3) is 5.91 Å². The van der Waals surface area contributed by atoms with Crippen molar-refractivity contribution in [2.75, 3.05) is 26.2 Å². The van der Waals surface area contributed by atoms with Gasteiger partial charge in [0.2, 0.25) is 0 Å². The number of aromatic nitrogens is 2. The molecule has 1 amide bonds. The summed E-state index contributed by atoms with van der Waals surface area (Å²) in [4.78, 5) is 38.7. The van der Waals surface area contributed by atoms with E-state index >= 15 is 0 Å². The Morgan fingerprint density at radius 3 is 2.49 bits per heavy atom. The summed E-state index contributed by atoms with van der Waals surface area (Å²) in [6.07, 6.45) is 10.9. The van der Waals surface area contributed by atoms with E-state index in [0.29, 0.717) is 36.3 Å². The molecule has 3 aliphatic heterocycles. The third kappa shape index (κ3) is 7.45. The Bertz CT molecular complexity index is 1480. The molecule has 8 nitrogen and oxygen atoms in total. The maximum Gasteiger partial charge on any atom is 0.335 e. The van der Waals surface area contributed by atoms with Crippen molar-refractivity contribution in [1.29, 1.82) is 0 Å². The zero-order valence-corrected chi connectivity index (χ0v) is 26.7. The summed E-state index contributed by atoms with van der Waals surface area (Å²) >= 11 is 0. The number of benzene rings is 2. The molecule has 3 atom stereocenters. The summed E-state index contributed by atoms with van der Waals surface area (Å²) in [5.41, 5.74) is 6.34. The largest absolute Gasteiger partial charge is 0.478 e. The predicted molar refractivity (Wildman–Crippen MR) is 174 cm³/mol. The lowest BCUT2D eigenvalue weighted by atomic mass is 9.88. The quantitative estimate of drug-likeness (QED) is 0.310. The van der Waals surface area contributed by atoms with Crippen LogP contribution >= 0.6 is 0 Å². The van der Waals surface area contributed by atoms with Crippen LogP contribution in [-0.2, 0) is 11.2 Å². The fourth-order valence-electron chi connectivity index (χ4n) is 7.51. The molecule has 45 heavy (non-hydrogen) atoms. The number of ether oxygens (including phenoxy) is 1. The van der Waals surface area contributed by atoms with Crippen LogP contribution in [-0.4, -0.2) is 75.1 Å². The van der Waals surface area contributed by atoms with Crippen molar-refractivity contribution >= 4 is 11.9 Å². The average molecular weight is 611 g/mol. The molecule has 4 heterocycles. The first-order valence-electron chi connectivity index (χ1n) is 16.7. The number of amides is 1. The minimum absolute atomic E-state index is 0.00459. The van der Waals surface area contributed by atoms with E-state index in [1.54, 1.807) is 12.4 Å². The lowest BCUT2D eigenvalue weighted by Gasteiger charge is -2.42. The zero-order chi connectivity index (χ0) is 31.3. The van der Waals surface area contributed by atoms with Crippen LogP contribution in [0.4, 0.5) is 0 Å². The third-order valence-corrected chi connectivity index (χ3v) is 10.2. The Balaban J connectivity index is 1.02. The number of hydrogen-bond acceptors (Lipinski definition) is 6. The van der Waals surface area contributed by atoms with Crippen LogP contribution in [0.3, 0.4) is 0 Å². The molecule has 0 radical (unpaired) electrons. The van der Waals surface area contributed by atoms with E-state index < -0.39 is 5.97 Å². The molecule has 0 aliphatic carbocycles. The molecule has 2 unspecified atom stereocenters. The number of hydrogen-bond donors (Lipinski definition) is 1. The average Bonchev–Trinajstić information content (AvgIpc) is 3.08. The van der Waals surface area contributed by atoms with Gasteiger partial charge in [0.15, 0.2) is 0 Å². The van der Waals surface area contributed by atoms with Gasteiger partial charge in [0, 0.05) is 36.9 Å². The fourth-order valence-corrected chi connectivity index (χ4v) is 7.51. The van der Waals surface area contributed by atoms with Gasteiger partial charge in [-0.3, -0.25) is 9.69 Å². The lowest BCUT2D eigenvalue weighted by Crippen LogP contribution is -2.49. The van der Waals surface area contributed by atoms with Gasteiger partial charge in [0.05, 0.1) is 17.8 Å². The van der Waals surface area contributed by atoms with Crippen molar-refractivity contribution < 1.29 is 19.4 Å². The molecule has 3 aliphatic rings. The predicted octanol–water partition coefficient (Wildman–Crippen LogP) is 6.52. The number of aromatic carboxylic acids is 1. The summed E-state index contributed by atoms with van der Waals surface area (Å²) in [7, 11) is 0. The molecule has 238 valence electrons. The smallest absolute Gasteiger partial charge is 0.335 e. The van der Waals surface area contributed by atoms with Crippen LogP contribution in [0.15, 0.2) is 54.9 Å². The number of carbonyl (C=O) groups is 2. The molecule has 2 aromatic carbocycles. The molecule has 3 saturated heterocycles. The first-order valence-corrected chi connectivity index (χ1v) is 16.7. The highest BCUT2D eigenvalue weighted by molar-refractivity contribution is 5.93. The van der Waals surface area contributed by atoms with Crippen LogP contribution in [0, 0.1) is 13.8 Å². The minimum atomic E-state index is -0.877. The Kier molecular flexibility index (Phi) is 9.91. The van der Waals surface area contributed by atoms with Gasteiger partial charge in [-0.25, -0.2) is 14.8 Å². The maximum atomic E-state index is 13.7. The van der Waals surface area contributed by atoms with Gasteiger partial charge in [0.1, 0.15) is 12.0 Å². The second-order valence-electron chi connectivity index (χ2n) is 13.2. The van der Waals surface area contributed by atoms with Gasteiger partial charge in [-0.2, -0.15) is 0 Å². The van der Waals surface area contributed by atoms with Crippen molar-refractivity contribution in [3.05, 3.63) is 94.1 Å². The number of carboxylic acid groups (broad SMARTS) is 1. The van der Waals surface area contributed by atoms with Crippen LogP contribution in [0.1, 0.15) is 112 Å². The highest BCUT2D eigenvalue weighted by Crippen LogP contribution is 2.34. The maximum absolute atomic E-state index is 13.7. The summed E-state index contributed by atoms with van der Waals surface area (Å²) in [5, 5.41) is 9.42. The first kappa shape index (κ1) is 31.4. The molecule has 0 bridgehead atoms. The van der Waals surface area contributed by atoms with E-state index in [9.17, 15) is 14.7 Å².